The first-order valence-electron chi connectivity index (χ1n) is 12.2. The van der Waals surface area contributed by atoms with Gasteiger partial charge in [-0.1, -0.05) is 24.3 Å². The van der Waals surface area contributed by atoms with Crippen LogP contribution in [0.15, 0.2) is 77.8 Å². The van der Waals surface area contributed by atoms with Crippen molar-refractivity contribution in [2.75, 3.05) is 33.6 Å². The van der Waals surface area contributed by atoms with Gasteiger partial charge in [0.1, 0.15) is 17.5 Å². The lowest BCUT2D eigenvalue weighted by Gasteiger charge is -2.14. The van der Waals surface area contributed by atoms with E-state index in [0.29, 0.717) is 46.9 Å². The summed E-state index contributed by atoms with van der Waals surface area (Å²) in [4.78, 5) is 21.7. The zero-order valence-electron chi connectivity index (χ0n) is 20.6. The molecule has 0 saturated carbocycles. The minimum absolute atomic E-state index is 0.0271. The van der Waals surface area contributed by atoms with Gasteiger partial charge in [0.05, 0.1) is 21.1 Å². The summed E-state index contributed by atoms with van der Waals surface area (Å²) >= 11 is 0. The van der Waals surface area contributed by atoms with Crippen LogP contribution in [0.2, 0.25) is 0 Å². The molecule has 200 valence electrons. The predicted molar refractivity (Wildman–Crippen MR) is 148 cm³/mol. The molecule has 0 fully saturated rings. The number of para-hydroxylation sites is 1. The van der Waals surface area contributed by atoms with E-state index in [2.05, 4.69) is 31.2 Å². The highest BCUT2D eigenvalue weighted by molar-refractivity contribution is 7.92. The molecule has 0 aliphatic carbocycles. The molecule has 2 amide bonds. The first-order chi connectivity index (χ1) is 18.8. The number of fused-ring (bicyclic) bond motifs is 4. The van der Waals surface area contributed by atoms with Crippen LogP contribution in [0, 0.1) is 16.4 Å². The number of carbonyl (C=O) groups excluding carboxylic acids is 1. The van der Waals surface area contributed by atoms with Crippen molar-refractivity contribution in [3.63, 3.8) is 0 Å². The number of amides is 2. The Morgan fingerprint density at radius 1 is 0.949 bits per heavy atom. The summed E-state index contributed by atoms with van der Waals surface area (Å²) in [5.41, 5.74) is 1.50. The Kier molecular flexibility index (Phi) is 7.37. The van der Waals surface area contributed by atoms with Crippen LogP contribution in [0.5, 0.6) is 0 Å². The van der Waals surface area contributed by atoms with Crippen LogP contribution >= 0.6 is 0 Å². The van der Waals surface area contributed by atoms with Crippen LogP contribution in [0.4, 0.5) is 42.4 Å². The van der Waals surface area contributed by atoms with Gasteiger partial charge in [0.2, 0.25) is 5.95 Å². The molecule has 39 heavy (non-hydrogen) atoms. The maximum Gasteiger partial charge on any atom is 0.323 e. The molecule has 1 atom stereocenters. The number of anilines is 5. The summed E-state index contributed by atoms with van der Waals surface area (Å²) in [6.07, 6.45) is 2.78. The van der Waals surface area contributed by atoms with Gasteiger partial charge in [0.25, 0.3) is 0 Å². The van der Waals surface area contributed by atoms with E-state index >= 15 is 4.39 Å². The molecule has 0 spiro atoms. The molecule has 4 bridgehead atoms. The number of nitrogens with zero attached hydrogens (tertiary/aromatic N) is 2. The van der Waals surface area contributed by atoms with Gasteiger partial charge in [-0.25, -0.2) is 27.5 Å². The molecule has 5 N–H and O–H groups in total. The molecule has 12 heteroatoms. The topological polar surface area (TPSA) is 132 Å². The number of benzene rings is 3. The Morgan fingerprint density at radius 3 is 2.54 bits per heavy atom. The van der Waals surface area contributed by atoms with Crippen molar-refractivity contribution in [1.29, 1.82) is 4.78 Å². The lowest BCUT2D eigenvalue weighted by molar-refractivity contribution is 0.262. The zero-order chi connectivity index (χ0) is 27.4. The Balaban J connectivity index is 1.39. The van der Waals surface area contributed by atoms with Crippen molar-refractivity contribution < 1.29 is 17.8 Å². The molecule has 1 aliphatic heterocycles. The highest BCUT2D eigenvalue weighted by atomic mass is 32.2. The van der Waals surface area contributed by atoms with Crippen LogP contribution in [-0.2, 0) is 9.73 Å². The summed E-state index contributed by atoms with van der Waals surface area (Å²) in [7, 11) is -2.93. The van der Waals surface area contributed by atoms with Crippen LogP contribution in [0.3, 0.4) is 0 Å². The molecule has 1 aromatic heterocycles. The van der Waals surface area contributed by atoms with E-state index in [0.717, 1.165) is 0 Å². The summed E-state index contributed by atoms with van der Waals surface area (Å²) in [5, 5.41) is 11.1. The van der Waals surface area contributed by atoms with Crippen molar-refractivity contribution in [2.45, 2.75) is 17.7 Å². The first kappa shape index (κ1) is 26.0. The van der Waals surface area contributed by atoms with Gasteiger partial charge in [-0.05, 0) is 60.9 Å². The number of aromatic nitrogens is 2. The number of rotatable bonds is 3. The smallest absolute Gasteiger partial charge is 0.323 e. The quantitative estimate of drug-likeness (QED) is 0.200. The molecule has 1 aliphatic rings. The number of nitrogens with one attached hydrogen (secondary N) is 5. The minimum Gasteiger partial charge on any atom is -0.369 e. The van der Waals surface area contributed by atoms with E-state index in [1.165, 1.54) is 30.3 Å². The highest BCUT2D eigenvalue weighted by Gasteiger charge is 2.16. The van der Waals surface area contributed by atoms with Gasteiger partial charge in [-0.15, -0.1) is 0 Å². The monoisotopic (exact) mass is 549 g/mol. The van der Waals surface area contributed by atoms with E-state index in [-0.39, 0.29) is 23.1 Å². The molecule has 9 nitrogen and oxygen atoms in total. The van der Waals surface area contributed by atoms with E-state index in [9.17, 15) is 13.4 Å². The number of hydrogen-bond donors (Lipinski definition) is 5. The van der Waals surface area contributed by atoms with Crippen LogP contribution in [0.1, 0.15) is 12.8 Å². The molecule has 4 aromatic rings. The minimum atomic E-state index is -2.93. The SMILES string of the molecule is N=S1(=O)CCCCNc2nc(ncc2-c2ccc(NC(=O)Nc3ccccc3F)c(F)c2)Nc2cccc1c2. The Hall–Kier alpha value is -4.58. The Morgan fingerprint density at radius 2 is 1.74 bits per heavy atom. The van der Waals surface area contributed by atoms with Crippen molar-refractivity contribution in [1.82, 2.24) is 9.97 Å². The van der Waals surface area contributed by atoms with Gasteiger partial charge in [-0.3, -0.25) is 0 Å². The average molecular weight is 550 g/mol. The van der Waals surface area contributed by atoms with Crippen molar-refractivity contribution in [2.24, 2.45) is 0 Å². The maximum atomic E-state index is 15.0. The van der Waals surface area contributed by atoms with Gasteiger partial charge in [0, 0.05) is 34.6 Å². The molecular formula is C27H25F2N7O2S. The van der Waals surface area contributed by atoms with E-state index < -0.39 is 27.4 Å². The largest absolute Gasteiger partial charge is 0.369 e. The number of hydrogen-bond acceptors (Lipinski definition) is 7. The van der Waals surface area contributed by atoms with Crippen LogP contribution in [0.25, 0.3) is 11.1 Å². The summed E-state index contributed by atoms with van der Waals surface area (Å²) in [6, 6.07) is 16.0. The van der Waals surface area contributed by atoms with Crippen molar-refractivity contribution >= 4 is 44.6 Å². The van der Waals surface area contributed by atoms with E-state index in [4.69, 9.17) is 4.78 Å². The summed E-state index contributed by atoms with van der Waals surface area (Å²) in [6.45, 7) is 0.495. The van der Waals surface area contributed by atoms with Crippen LogP contribution < -0.4 is 21.3 Å². The Bertz CT molecular complexity index is 1650. The second-order valence-corrected chi connectivity index (χ2v) is 11.1. The molecule has 3 aromatic carbocycles. The molecule has 0 saturated heterocycles. The van der Waals surface area contributed by atoms with Gasteiger partial charge in [-0.2, -0.15) is 4.98 Å². The second kappa shape index (κ2) is 11.0. The van der Waals surface area contributed by atoms with Crippen molar-refractivity contribution in [3.8, 4) is 11.1 Å². The number of urea groups is 1. The first-order valence-corrected chi connectivity index (χ1v) is 13.9. The standard InChI is InChI=1S/C27H25F2N7O2S/c28-21-8-1-2-9-23(21)34-27(37)35-24-11-10-17(14-22(24)29)20-16-32-26-33-18-6-5-7-19(15-18)39(30,38)13-4-3-12-31-25(20)36-26/h1-2,5-11,14-16,30H,3-4,12-13H2,(H2,34,35,37)(H2,31,32,33,36). The molecular weight excluding hydrogens is 524 g/mol. The molecule has 2 heterocycles. The second-order valence-electron chi connectivity index (χ2n) is 8.88. The lowest BCUT2D eigenvalue weighted by Crippen LogP contribution is -2.20. The number of halogens is 2. The van der Waals surface area contributed by atoms with Crippen LogP contribution in [-0.4, -0.2) is 32.5 Å². The van der Waals surface area contributed by atoms with Gasteiger partial charge in [0.15, 0.2) is 0 Å². The lowest BCUT2D eigenvalue weighted by atomic mass is 10.1. The Labute approximate surface area is 224 Å². The molecule has 0 radical (unpaired) electrons. The maximum absolute atomic E-state index is 15.0. The van der Waals surface area contributed by atoms with Crippen molar-refractivity contribution in [3.05, 3.63) is 84.6 Å². The van der Waals surface area contributed by atoms with Gasteiger partial charge < -0.3 is 21.3 Å². The van der Waals surface area contributed by atoms with E-state index in [1.54, 1.807) is 42.6 Å². The third-order valence-corrected chi connectivity index (χ3v) is 7.94. The highest BCUT2D eigenvalue weighted by Crippen LogP contribution is 2.31. The fraction of sp³-hybridized carbons (Fsp3) is 0.148. The number of carbonyl (C=O) groups is 1. The van der Waals surface area contributed by atoms with Gasteiger partial charge >= 0.3 is 6.03 Å². The zero-order valence-corrected chi connectivity index (χ0v) is 21.4. The molecule has 5 rings (SSSR count). The fourth-order valence-electron chi connectivity index (χ4n) is 4.07. The third kappa shape index (κ3) is 6.12. The fourth-order valence-corrected chi connectivity index (χ4v) is 5.54. The summed E-state index contributed by atoms with van der Waals surface area (Å²) in [5.74, 6) is -0.329. The third-order valence-electron chi connectivity index (χ3n) is 6.06. The summed E-state index contributed by atoms with van der Waals surface area (Å²) < 4.78 is 50.0. The predicted octanol–water partition coefficient (Wildman–Crippen LogP) is 6.42. The van der Waals surface area contributed by atoms with E-state index in [1.807, 2.05) is 0 Å². The molecule has 1 unspecified atom stereocenters. The normalized spacial score (nSPS) is 16.9. The average Bonchev–Trinajstić information content (AvgIpc) is 2.91.